The number of benzene rings is 1. The molecule has 1 N–H and O–H groups in total. The third kappa shape index (κ3) is 4.14. The third-order valence-electron chi connectivity index (χ3n) is 7.54. The number of fused-ring (bicyclic) bond motifs is 1. The van der Waals surface area contributed by atoms with Crippen molar-refractivity contribution in [3.8, 4) is 0 Å². The molecule has 5 rings (SSSR count). The molecular weight excluding hydrogens is 423 g/mol. The monoisotopic (exact) mass is 456 g/mol. The smallest absolute Gasteiger partial charge is 0.290 e. The van der Waals surface area contributed by atoms with Crippen LogP contribution in [0.25, 0.3) is 11.0 Å². The van der Waals surface area contributed by atoms with E-state index in [1.165, 1.54) is 13.8 Å². The summed E-state index contributed by atoms with van der Waals surface area (Å²) in [6.45, 7) is 4.01. The highest BCUT2D eigenvalue weighted by Gasteiger charge is 2.36. The number of aromatic nitrogens is 2. The third-order valence-corrected chi connectivity index (χ3v) is 7.54. The number of alkyl halides is 1. The Morgan fingerprint density at radius 3 is 2.42 bits per heavy atom. The molecule has 2 heterocycles. The van der Waals surface area contributed by atoms with E-state index in [4.69, 9.17) is 0 Å². The Labute approximate surface area is 193 Å². The van der Waals surface area contributed by atoms with E-state index in [0.29, 0.717) is 42.9 Å². The first-order valence-corrected chi connectivity index (χ1v) is 12.1. The van der Waals surface area contributed by atoms with E-state index in [9.17, 15) is 14.7 Å². The second-order valence-corrected chi connectivity index (χ2v) is 10.5. The first kappa shape index (κ1) is 22.3. The van der Waals surface area contributed by atoms with Crippen molar-refractivity contribution in [2.75, 3.05) is 19.6 Å². The minimum Gasteiger partial charge on any atom is -0.393 e. The molecule has 1 aromatic heterocycles. The molecule has 33 heavy (non-hydrogen) atoms. The van der Waals surface area contributed by atoms with Crippen LogP contribution in [-0.2, 0) is 17.5 Å². The molecule has 0 atom stereocenters. The second kappa shape index (κ2) is 8.08. The molecule has 0 spiro atoms. The molecule has 0 bridgehead atoms. The highest BCUT2D eigenvalue weighted by Crippen LogP contribution is 2.43. The zero-order valence-corrected chi connectivity index (χ0v) is 19.7. The van der Waals surface area contributed by atoms with E-state index >= 15 is 4.39 Å². The summed E-state index contributed by atoms with van der Waals surface area (Å²) < 4.78 is 16.8. The van der Waals surface area contributed by atoms with Gasteiger partial charge in [-0.1, -0.05) is 6.07 Å². The molecule has 3 fully saturated rings. The van der Waals surface area contributed by atoms with Gasteiger partial charge in [-0.2, -0.15) is 0 Å². The van der Waals surface area contributed by atoms with E-state index in [2.05, 4.69) is 4.98 Å². The predicted octanol–water partition coefficient (Wildman–Crippen LogP) is 3.24. The number of amides is 2. The number of aryl methyl sites for hydroxylation is 1. The van der Waals surface area contributed by atoms with Crippen molar-refractivity contribution in [1.82, 2.24) is 19.4 Å². The van der Waals surface area contributed by atoms with Gasteiger partial charge in [0.05, 0.1) is 17.1 Å². The van der Waals surface area contributed by atoms with E-state index < -0.39 is 5.67 Å². The second-order valence-electron chi connectivity index (χ2n) is 10.5. The quantitative estimate of drug-likeness (QED) is 0.766. The molecule has 2 saturated carbocycles. The van der Waals surface area contributed by atoms with Crippen LogP contribution in [0.2, 0.25) is 0 Å². The Morgan fingerprint density at radius 1 is 1.12 bits per heavy atom. The van der Waals surface area contributed by atoms with Gasteiger partial charge in [0.1, 0.15) is 12.2 Å². The zero-order valence-electron chi connectivity index (χ0n) is 19.7. The Bertz CT molecular complexity index is 1090. The summed E-state index contributed by atoms with van der Waals surface area (Å²) in [5, 5.41) is 9.75. The Hall–Kier alpha value is -2.48. The summed E-state index contributed by atoms with van der Waals surface area (Å²) in [6.07, 6.45) is 4.98. The van der Waals surface area contributed by atoms with Gasteiger partial charge in [0.15, 0.2) is 5.82 Å². The first-order chi connectivity index (χ1) is 15.6. The average molecular weight is 457 g/mol. The summed E-state index contributed by atoms with van der Waals surface area (Å²) >= 11 is 0. The fraction of sp³-hybridized carbons (Fsp3) is 0.640. The predicted molar refractivity (Wildman–Crippen MR) is 123 cm³/mol. The molecule has 0 radical (unpaired) electrons. The van der Waals surface area contributed by atoms with Crippen molar-refractivity contribution in [3.63, 3.8) is 0 Å². The minimum atomic E-state index is -1.58. The van der Waals surface area contributed by atoms with Gasteiger partial charge >= 0.3 is 0 Å². The molecule has 1 aromatic carbocycles. The van der Waals surface area contributed by atoms with Gasteiger partial charge in [0, 0.05) is 31.7 Å². The standard InChI is InChI=1S/C25H33FN4O3/c1-25(2,26)19-12-16(15-4-5-15)13-20-22(19)27-23(28(20)3)24(33)29-10-11-30(21(32)14-29)17-6-8-18(31)9-7-17/h12-13,15,17-18,31H,4-11,14H2,1-3H3. The van der Waals surface area contributed by atoms with Crippen LogP contribution in [0.4, 0.5) is 4.39 Å². The fourth-order valence-electron chi connectivity index (χ4n) is 5.36. The molecule has 1 aliphatic heterocycles. The van der Waals surface area contributed by atoms with E-state index in [0.717, 1.165) is 36.8 Å². The number of imidazole rings is 1. The zero-order chi connectivity index (χ0) is 23.5. The van der Waals surface area contributed by atoms with Crippen LogP contribution < -0.4 is 0 Å². The maximum Gasteiger partial charge on any atom is 0.290 e. The lowest BCUT2D eigenvalue weighted by Gasteiger charge is -2.41. The lowest BCUT2D eigenvalue weighted by atomic mass is 9.91. The topological polar surface area (TPSA) is 78.7 Å². The van der Waals surface area contributed by atoms with Crippen LogP contribution in [0.5, 0.6) is 0 Å². The number of hydrogen-bond acceptors (Lipinski definition) is 4. The van der Waals surface area contributed by atoms with Crippen LogP contribution >= 0.6 is 0 Å². The highest BCUT2D eigenvalue weighted by molar-refractivity contribution is 5.98. The van der Waals surface area contributed by atoms with Gasteiger partial charge in [-0.15, -0.1) is 0 Å². The van der Waals surface area contributed by atoms with Gasteiger partial charge in [-0.3, -0.25) is 9.59 Å². The number of halogens is 1. The number of rotatable bonds is 4. The van der Waals surface area contributed by atoms with Gasteiger partial charge in [0.2, 0.25) is 5.91 Å². The number of carbonyl (C=O) groups excluding carboxylic acids is 2. The number of aliphatic hydroxyl groups is 1. The maximum atomic E-state index is 15.1. The van der Waals surface area contributed by atoms with Crippen molar-refractivity contribution >= 4 is 22.8 Å². The molecule has 0 unspecified atom stereocenters. The highest BCUT2D eigenvalue weighted by atomic mass is 19.1. The van der Waals surface area contributed by atoms with Gasteiger partial charge in [-0.05, 0) is 69.9 Å². The van der Waals surface area contributed by atoms with E-state index in [1.54, 1.807) is 16.5 Å². The molecule has 8 heteroatoms. The summed E-state index contributed by atoms with van der Waals surface area (Å²) in [4.78, 5) is 34.3. The summed E-state index contributed by atoms with van der Waals surface area (Å²) in [6, 6.07) is 4.08. The molecule has 7 nitrogen and oxygen atoms in total. The summed E-state index contributed by atoms with van der Waals surface area (Å²) in [5.74, 6) is 0.342. The van der Waals surface area contributed by atoms with E-state index in [1.807, 2.05) is 17.0 Å². The molecular formula is C25H33FN4O3. The van der Waals surface area contributed by atoms with Gasteiger partial charge in [0.25, 0.3) is 5.91 Å². The van der Waals surface area contributed by atoms with Crippen molar-refractivity contribution in [3.05, 3.63) is 29.1 Å². The Kier molecular flexibility index (Phi) is 5.46. The molecule has 2 aromatic rings. The van der Waals surface area contributed by atoms with Crippen molar-refractivity contribution in [2.45, 2.75) is 76.1 Å². The van der Waals surface area contributed by atoms with Crippen LogP contribution in [-0.4, -0.2) is 68.1 Å². The molecule has 2 aliphatic carbocycles. The number of carbonyl (C=O) groups is 2. The lowest BCUT2D eigenvalue weighted by Crippen LogP contribution is -2.56. The number of nitrogens with zero attached hydrogens (tertiary/aromatic N) is 4. The summed E-state index contributed by atoms with van der Waals surface area (Å²) in [7, 11) is 1.79. The summed E-state index contributed by atoms with van der Waals surface area (Å²) in [5.41, 5.74) is 1.31. The molecule has 3 aliphatic rings. The lowest BCUT2D eigenvalue weighted by molar-refractivity contribution is -0.138. The minimum absolute atomic E-state index is 0.0237. The van der Waals surface area contributed by atoms with Crippen molar-refractivity contribution < 1.29 is 19.1 Å². The van der Waals surface area contributed by atoms with Crippen LogP contribution in [0, 0.1) is 0 Å². The van der Waals surface area contributed by atoms with Crippen LogP contribution in [0.15, 0.2) is 12.1 Å². The van der Waals surface area contributed by atoms with E-state index in [-0.39, 0.29) is 36.3 Å². The number of hydrogen-bond donors (Lipinski definition) is 1. The number of piperazine rings is 1. The number of aliphatic hydroxyl groups excluding tert-OH is 1. The Morgan fingerprint density at radius 2 is 1.82 bits per heavy atom. The van der Waals surface area contributed by atoms with Crippen LogP contribution in [0.3, 0.4) is 0 Å². The fourth-order valence-corrected chi connectivity index (χ4v) is 5.36. The molecule has 178 valence electrons. The normalized spacial score (nSPS) is 24.6. The van der Waals surface area contributed by atoms with Crippen LogP contribution in [0.1, 0.15) is 80.0 Å². The van der Waals surface area contributed by atoms with Crippen molar-refractivity contribution in [1.29, 1.82) is 0 Å². The molecule has 2 amide bonds. The average Bonchev–Trinajstić information content (AvgIpc) is 3.57. The van der Waals surface area contributed by atoms with Crippen molar-refractivity contribution in [2.24, 2.45) is 7.05 Å². The van der Waals surface area contributed by atoms with Gasteiger partial charge in [-0.25, -0.2) is 9.37 Å². The Balaban J connectivity index is 1.40. The SMILES string of the molecule is Cn1c(C(=O)N2CCN(C3CCC(O)CC3)C(=O)C2)nc2c(C(C)(C)F)cc(C3CC3)cc21. The van der Waals surface area contributed by atoms with Gasteiger partial charge < -0.3 is 19.5 Å². The maximum absolute atomic E-state index is 15.1. The first-order valence-electron chi connectivity index (χ1n) is 12.1. The largest absolute Gasteiger partial charge is 0.393 e. The molecule has 1 saturated heterocycles.